The smallest absolute Gasteiger partial charge is 0.291 e. The van der Waals surface area contributed by atoms with Gasteiger partial charge in [-0.05, 0) is 28.8 Å². The summed E-state index contributed by atoms with van der Waals surface area (Å²) in [6, 6.07) is 0. The van der Waals surface area contributed by atoms with Gasteiger partial charge in [0.15, 0.2) is 0 Å². The van der Waals surface area contributed by atoms with Crippen LogP contribution in [-0.2, 0) is 0 Å². The van der Waals surface area contributed by atoms with Crippen molar-refractivity contribution in [3.05, 3.63) is 22.7 Å². The van der Waals surface area contributed by atoms with Gasteiger partial charge in [-0.2, -0.15) is 0 Å². The molecule has 0 unspecified atom stereocenters. The van der Waals surface area contributed by atoms with Crippen molar-refractivity contribution in [2.45, 2.75) is 26.7 Å². The van der Waals surface area contributed by atoms with Crippen LogP contribution in [0.3, 0.4) is 0 Å². The molecule has 0 aromatic carbocycles. The molecule has 5 heteroatoms. The van der Waals surface area contributed by atoms with E-state index in [4.69, 9.17) is 0 Å². The van der Waals surface area contributed by atoms with Gasteiger partial charge in [0.25, 0.3) is 5.91 Å². The monoisotopic (exact) mass is 285 g/mol. The molecule has 16 heavy (non-hydrogen) atoms. The third-order valence-corrected chi connectivity index (χ3v) is 2.61. The summed E-state index contributed by atoms with van der Waals surface area (Å²) in [6.45, 7) is 5.66. The second-order valence-electron chi connectivity index (χ2n) is 3.22. The minimum absolute atomic E-state index is 0.0602. The lowest BCUT2D eigenvalue weighted by Crippen LogP contribution is -2.29. The van der Waals surface area contributed by atoms with E-state index >= 15 is 0 Å². The van der Waals surface area contributed by atoms with Gasteiger partial charge in [-0.15, -0.1) is 0 Å². The van der Waals surface area contributed by atoms with Crippen LogP contribution in [0.2, 0.25) is 0 Å². The van der Waals surface area contributed by atoms with Gasteiger partial charge >= 0.3 is 0 Å². The average Bonchev–Trinajstić information content (AvgIpc) is 2.85. The van der Waals surface area contributed by atoms with Gasteiger partial charge < -0.3 is 4.90 Å². The number of likely N-dealkylation sites (tertiary alicyclic amines) is 1. The van der Waals surface area contributed by atoms with Crippen molar-refractivity contribution >= 4 is 21.8 Å². The molecule has 0 aliphatic carbocycles. The van der Waals surface area contributed by atoms with E-state index in [-0.39, 0.29) is 11.7 Å². The Balaban J connectivity index is 0.000000606. The third kappa shape index (κ3) is 3.27. The quantitative estimate of drug-likeness (QED) is 0.797. The minimum Gasteiger partial charge on any atom is -0.336 e. The summed E-state index contributed by atoms with van der Waals surface area (Å²) in [7, 11) is 0. The fourth-order valence-corrected chi connectivity index (χ4v) is 1.69. The van der Waals surface area contributed by atoms with Gasteiger partial charge in [0, 0.05) is 25.5 Å². The number of hydrogen-bond donors (Lipinski definition) is 0. The first-order valence-corrected chi connectivity index (χ1v) is 6.33. The van der Waals surface area contributed by atoms with Crippen molar-refractivity contribution in [2.75, 3.05) is 13.1 Å². The van der Waals surface area contributed by atoms with E-state index < -0.39 is 0 Å². The topological polar surface area (TPSA) is 46.1 Å². The first kappa shape index (κ1) is 13.1. The number of carbonyl (C=O) groups is 1. The highest BCUT2D eigenvalue weighted by molar-refractivity contribution is 9.10. The van der Waals surface area contributed by atoms with Crippen LogP contribution in [-0.4, -0.2) is 33.9 Å². The Labute approximate surface area is 104 Å². The highest BCUT2D eigenvalue weighted by atomic mass is 79.9. The summed E-state index contributed by atoms with van der Waals surface area (Å²) in [5.41, 5.74) is 0. The molecule has 0 atom stereocenters. The number of halogens is 1. The number of hydrogen-bond acceptors (Lipinski definition) is 3. The van der Waals surface area contributed by atoms with Gasteiger partial charge in [0.1, 0.15) is 0 Å². The van der Waals surface area contributed by atoms with Crippen molar-refractivity contribution in [1.82, 2.24) is 14.9 Å². The number of aromatic nitrogens is 2. The van der Waals surface area contributed by atoms with Crippen molar-refractivity contribution in [2.24, 2.45) is 0 Å². The minimum atomic E-state index is -0.0602. The standard InChI is InChI=1S/C9H10BrN3O.C2H6/c10-7-5-11-8(12-6-7)9(14)13-3-1-2-4-13;1-2/h5-6H,1-4H2;1-2H3. The zero-order valence-electron chi connectivity index (χ0n) is 9.61. The van der Waals surface area contributed by atoms with E-state index in [0.29, 0.717) is 0 Å². The number of nitrogens with zero attached hydrogens (tertiary/aromatic N) is 3. The fraction of sp³-hybridized carbons (Fsp3) is 0.545. The van der Waals surface area contributed by atoms with Gasteiger partial charge in [0.05, 0.1) is 4.47 Å². The van der Waals surface area contributed by atoms with E-state index in [1.807, 2.05) is 13.8 Å². The number of carbonyl (C=O) groups excluding carboxylic acids is 1. The molecule has 1 aliphatic heterocycles. The first-order chi connectivity index (χ1) is 7.77. The Morgan fingerprint density at radius 1 is 1.25 bits per heavy atom. The van der Waals surface area contributed by atoms with E-state index in [9.17, 15) is 4.79 Å². The lowest BCUT2D eigenvalue weighted by Gasteiger charge is -2.13. The molecule has 4 nitrogen and oxygen atoms in total. The molecule has 1 aromatic rings. The van der Waals surface area contributed by atoms with Crippen molar-refractivity contribution in [1.29, 1.82) is 0 Å². The molecule has 0 N–H and O–H groups in total. The zero-order chi connectivity index (χ0) is 12.0. The molecule has 1 amide bonds. The molecule has 1 aromatic heterocycles. The van der Waals surface area contributed by atoms with E-state index in [1.54, 1.807) is 17.3 Å². The van der Waals surface area contributed by atoms with Crippen LogP contribution in [0, 0.1) is 0 Å². The summed E-state index contributed by atoms with van der Waals surface area (Å²) >= 11 is 3.23. The lowest BCUT2D eigenvalue weighted by atomic mass is 10.4. The molecular formula is C11H16BrN3O. The molecule has 1 fully saturated rings. The molecule has 0 bridgehead atoms. The Kier molecular flexibility index (Phi) is 5.38. The normalized spacial score (nSPS) is 14.3. The van der Waals surface area contributed by atoms with Gasteiger partial charge in [0.2, 0.25) is 5.82 Å². The summed E-state index contributed by atoms with van der Waals surface area (Å²) in [6.07, 6.45) is 5.36. The van der Waals surface area contributed by atoms with E-state index in [1.165, 1.54) is 0 Å². The van der Waals surface area contributed by atoms with Gasteiger partial charge in [-0.25, -0.2) is 9.97 Å². The summed E-state index contributed by atoms with van der Waals surface area (Å²) < 4.78 is 0.787. The number of rotatable bonds is 1. The maximum Gasteiger partial charge on any atom is 0.291 e. The molecule has 0 saturated carbocycles. The summed E-state index contributed by atoms with van der Waals surface area (Å²) in [5, 5.41) is 0. The van der Waals surface area contributed by atoms with Crippen LogP contribution in [0.4, 0.5) is 0 Å². The molecule has 1 aliphatic rings. The van der Waals surface area contributed by atoms with Gasteiger partial charge in [-0.3, -0.25) is 4.79 Å². The first-order valence-electron chi connectivity index (χ1n) is 5.54. The van der Waals surface area contributed by atoms with Crippen LogP contribution < -0.4 is 0 Å². The average molecular weight is 286 g/mol. The van der Waals surface area contributed by atoms with Crippen molar-refractivity contribution in [3.8, 4) is 0 Å². The van der Waals surface area contributed by atoms with Crippen LogP contribution in [0.15, 0.2) is 16.9 Å². The predicted molar refractivity (Wildman–Crippen MR) is 66.2 cm³/mol. The molecule has 0 radical (unpaired) electrons. The Bertz CT molecular complexity index is 334. The SMILES string of the molecule is CC.O=C(c1ncc(Br)cn1)N1CCCC1. The largest absolute Gasteiger partial charge is 0.336 e. The van der Waals surface area contributed by atoms with Crippen LogP contribution in [0.5, 0.6) is 0 Å². The summed E-state index contributed by atoms with van der Waals surface area (Å²) in [5.74, 6) is 0.227. The second kappa shape index (κ2) is 6.58. The molecule has 2 rings (SSSR count). The summed E-state index contributed by atoms with van der Waals surface area (Å²) in [4.78, 5) is 21.5. The maximum absolute atomic E-state index is 11.7. The molecular weight excluding hydrogens is 270 g/mol. The van der Waals surface area contributed by atoms with E-state index in [0.717, 1.165) is 30.4 Å². The highest BCUT2D eigenvalue weighted by Crippen LogP contribution is 2.11. The van der Waals surface area contributed by atoms with Crippen molar-refractivity contribution < 1.29 is 4.79 Å². The van der Waals surface area contributed by atoms with E-state index in [2.05, 4.69) is 25.9 Å². The molecule has 88 valence electrons. The fourth-order valence-electron chi connectivity index (χ4n) is 1.48. The number of amides is 1. The Morgan fingerprint density at radius 3 is 2.25 bits per heavy atom. The second-order valence-corrected chi connectivity index (χ2v) is 4.14. The molecule has 1 saturated heterocycles. The van der Waals surface area contributed by atoms with Gasteiger partial charge in [-0.1, -0.05) is 13.8 Å². The third-order valence-electron chi connectivity index (χ3n) is 2.20. The molecule has 2 heterocycles. The van der Waals surface area contributed by atoms with Crippen LogP contribution >= 0.6 is 15.9 Å². The highest BCUT2D eigenvalue weighted by Gasteiger charge is 2.21. The lowest BCUT2D eigenvalue weighted by molar-refractivity contribution is 0.0780. The zero-order valence-corrected chi connectivity index (χ0v) is 11.2. The maximum atomic E-state index is 11.7. The Morgan fingerprint density at radius 2 is 1.75 bits per heavy atom. The van der Waals surface area contributed by atoms with Crippen molar-refractivity contribution in [3.63, 3.8) is 0 Å². The predicted octanol–water partition coefficient (Wildman–Crippen LogP) is 2.50. The Hall–Kier alpha value is -0.970. The molecule has 0 spiro atoms. The van der Waals surface area contributed by atoms with Crippen LogP contribution in [0.25, 0.3) is 0 Å². The van der Waals surface area contributed by atoms with Crippen LogP contribution in [0.1, 0.15) is 37.3 Å².